The molecule has 0 saturated carbocycles. The van der Waals surface area contributed by atoms with Crippen LogP contribution in [0.3, 0.4) is 0 Å². The van der Waals surface area contributed by atoms with E-state index in [1.807, 2.05) is 6.07 Å². The molecule has 3 heterocycles. The number of carbonyl (C=O) groups is 1. The number of hydrogen-bond donors (Lipinski definition) is 2. The molecule has 0 saturated heterocycles. The molecule has 0 aliphatic carbocycles. The largest absolute Gasteiger partial charge is 0.486 e. The molecule has 12 heteroatoms. The van der Waals surface area contributed by atoms with E-state index in [9.17, 15) is 13.2 Å². The van der Waals surface area contributed by atoms with Crippen LogP contribution in [-0.2, 0) is 10.0 Å². The van der Waals surface area contributed by atoms with E-state index in [1.165, 1.54) is 41.7 Å². The average molecular weight is 473 g/mol. The molecular weight excluding hydrogens is 456 g/mol. The van der Waals surface area contributed by atoms with Gasteiger partial charge in [0.25, 0.3) is 15.9 Å². The maximum atomic E-state index is 12.8. The van der Waals surface area contributed by atoms with E-state index in [2.05, 4.69) is 20.2 Å². The van der Waals surface area contributed by atoms with Gasteiger partial charge in [-0.05, 0) is 25.1 Å². The molecule has 0 spiro atoms. The molecule has 0 bridgehead atoms. The molecular formula is C20H16N4O6S2. The summed E-state index contributed by atoms with van der Waals surface area (Å²) in [6.45, 7) is 2.59. The van der Waals surface area contributed by atoms with E-state index < -0.39 is 15.9 Å². The van der Waals surface area contributed by atoms with Gasteiger partial charge in [0.05, 0.1) is 15.1 Å². The Morgan fingerprint density at radius 1 is 1.09 bits per heavy atom. The van der Waals surface area contributed by atoms with Crippen molar-refractivity contribution in [1.82, 2.24) is 10.1 Å². The molecule has 2 aromatic carbocycles. The molecule has 1 amide bonds. The molecule has 1 aliphatic heterocycles. The lowest BCUT2D eigenvalue weighted by molar-refractivity contribution is 0.102. The maximum Gasteiger partial charge on any atom is 0.263 e. The van der Waals surface area contributed by atoms with Gasteiger partial charge in [-0.2, -0.15) is 0 Å². The normalized spacial score (nSPS) is 13.2. The van der Waals surface area contributed by atoms with Gasteiger partial charge in [-0.25, -0.2) is 13.4 Å². The van der Waals surface area contributed by atoms with Crippen LogP contribution in [0.1, 0.15) is 16.1 Å². The second-order valence-electron chi connectivity index (χ2n) is 6.89. The van der Waals surface area contributed by atoms with Crippen molar-refractivity contribution in [3.8, 4) is 11.5 Å². The van der Waals surface area contributed by atoms with Gasteiger partial charge < -0.3 is 14.0 Å². The van der Waals surface area contributed by atoms with Gasteiger partial charge in [0.15, 0.2) is 22.4 Å². The average Bonchev–Trinajstić information content (AvgIpc) is 3.36. The van der Waals surface area contributed by atoms with Crippen LogP contribution >= 0.6 is 11.3 Å². The topological polar surface area (TPSA) is 133 Å². The lowest BCUT2D eigenvalue weighted by atomic mass is 10.2. The Labute approximate surface area is 186 Å². The monoisotopic (exact) mass is 472 g/mol. The van der Waals surface area contributed by atoms with E-state index >= 15 is 0 Å². The molecule has 0 fully saturated rings. The van der Waals surface area contributed by atoms with Crippen molar-refractivity contribution in [1.29, 1.82) is 0 Å². The first-order valence-electron chi connectivity index (χ1n) is 9.45. The van der Waals surface area contributed by atoms with Gasteiger partial charge in [-0.1, -0.05) is 22.6 Å². The number of sulfonamides is 1. The van der Waals surface area contributed by atoms with Gasteiger partial charge in [0.1, 0.15) is 19.0 Å². The van der Waals surface area contributed by atoms with Crippen molar-refractivity contribution in [3.63, 3.8) is 0 Å². The fraction of sp³-hybridized carbons (Fsp3) is 0.150. The van der Waals surface area contributed by atoms with Crippen LogP contribution in [0.25, 0.3) is 10.2 Å². The first-order chi connectivity index (χ1) is 15.4. The van der Waals surface area contributed by atoms with Crippen molar-refractivity contribution in [3.05, 3.63) is 53.8 Å². The number of nitrogens with one attached hydrogen (secondary N) is 2. The number of aromatic nitrogens is 2. The summed E-state index contributed by atoms with van der Waals surface area (Å²) in [6.07, 6.45) is 0. The number of benzene rings is 2. The highest BCUT2D eigenvalue weighted by atomic mass is 32.2. The smallest absolute Gasteiger partial charge is 0.263 e. The van der Waals surface area contributed by atoms with Crippen LogP contribution in [0, 0.1) is 6.92 Å². The van der Waals surface area contributed by atoms with Crippen LogP contribution in [-0.4, -0.2) is 37.7 Å². The standard InChI is InChI=1S/C20H16N4O6S2/c1-11-7-18(23-30-11)24-32(26,27)13-4-2-3-12(8-13)19(25)22-20-21-14-9-15-16(10-17(14)31-20)29-6-5-28-15/h2-4,7-10H,5-6H2,1H3,(H,23,24)(H,21,22,25). The Balaban J connectivity index is 1.37. The number of nitrogens with zero attached hydrogens (tertiary/aromatic N) is 2. The van der Waals surface area contributed by atoms with Crippen molar-refractivity contribution in [2.45, 2.75) is 11.8 Å². The molecule has 1 aliphatic rings. The van der Waals surface area contributed by atoms with Crippen LogP contribution < -0.4 is 19.5 Å². The molecule has 0 unspecified atom stereocenters. The van der Waals surface area contributed by atoms with Crippen molar-refractivity contribution in [2.75, 3.05) is 23.3 Å². The zero-order chi connectivity index (χ0) is 22.3. The molecule has 10 nitrogen and oxygen atoms in total. The Morgan fingerprint density at radius 2 is 1.88 bits per heavy atom. The second kappa shape index (κ2) is 7.80. The number of carbonyl (C=O) groups excluding carboxylic acids is 1. The minimum Gasteiger partial charge on any atom is -0.486 e. The summed E-state index contributed by atoms with van der Waals surface area (Å²) in [5.74, 6) is 1.28. The molecule has 2 aromatic heterocycles. The summed E-state index contributed by atoms with van der Waals surface area (Å²) in [5, 5.41) is 6.71. The zero-order valence-corrected chi connectivity index (χ0v) is 18.2. The fourth-order valence-corrected chi connectivity index (χ4v) is 5.00. The lowest BCUT2D eigenvalue weighted by Crippen LogP contribution is -2.16. The van der Waals surface area contributed by atoms with Crippen LogP contribution in [0.4, 0.5) is 10.9 Å². The maximum absolute atomic E-state index is 12.8. The third-order valence-corrected chi connectivity index (χ3v) is 6.83. The van der Waals surface area contributed by atoms with Crippen molar-refractivity contribution < 1.29 is 27.2 Å². The summed E-state index contributed by atoms with van der Waals surface area (Å²) < 4.78 is 44.4. The third-order valence-electron chi connectivity index (χ3n) is 4.55. The van der Waals surface area contributed by atoms with Crippen LogP contribution in [0.15, 0.2) is 51.9 Å². The summed E-state index contributed by atoms with van der Waals surface area (Å²) in [4.78, 5) is 17.1. The number of fused-ring (bicyclic) bond motifs is 2. The van der Waals surface area contributed by atoms with E-state index in [4.69, 9.17) is 14.0 Å². The summed E-state index contributed by atoms with van der Waals surface area (Å²) in [5.41, 5.74) is 0.826. The van der Waals surface area contributed by atoms with Crippen LogP contribution in [0.2, 0.25) is 0 Å². The molecule has 0 radical (unpaired) electrons. The molecule has 4 aromatic rings. The van der Waals surface area contributed by atoms with Gasteiger partial charge in [-0.3, -0.25) is 14.8 Å². The highest BCUT2D eigenvalue weighted by Crippen LogP contribution is 2.37. The lowest BCUT2D eigenvalue weighted by Gasteiger charge is -2.17. The zero-order valence-electron chi connectivity index (χ0n) is 16.6. The Kier molecular flexibility index (Phi) is 4.94. The Bertz CT molecular complexity index is 1400. The minimum atomic E-state index is -3.95. The summed E-state index contributed by atoms with van der Waals surface area (Å²) >= 11 is 1.28. The number of aryl methyl sites for hydroxylation is 1. The molecule has 164 valence electrons. The van der Waals surface area contributed by atoms with Gasteiger partial charge >= 0.3 is 0 Å². The number of amides is 1. The van der Waals surface area contributed by atoms with E-state index in [0.29, 0.717) is 41.1 Å². The molecule has 5 rings (SSSR count). The fourth-order valence-electron chi connectivity index (χ4n) is 3.10. The summed E-state index contributed by atoms with van der Waals surface area (Å²) in [7, 11) is -3.95. The predicted octanol–water partition coefficient (Wildman–Crippen LogP) is 3.42. The minimum absolute atomic E-state index is 0.0579. The quantitative estimate of drug-likeness (QED) is 0.451. The predicted molar refractivity (Wildman–Crippen MR) is 117 cm³/mol. The first kappa shape index (κ1) is 20.3. The highest BCUT2D eigenvalue weighted by Gasteiger charge is 2.20. The first-order valence-corrected chi connectivity index (χ1v) is 11.8. The second-order valence-corrected chi connectivity index (χ2v) is 9.61. The van der Waals surface area contributed by atoms with E-state index in [-0.39, 0.29) is 16.3 Å². The third kappa shape index (κ3) is 3.97. The van der Waals surface area contributed by atoms with E-state index in [1.54, 1.807) is 13.0 Å². The van der Waals surface area contributed by atoms with Crippen molar-refractivity contribution in [2.24, 2.45) is 0 Å². The van der Waals surface area contributed by atoms with E-state index in [0.717, 1.165) is 4.70 Å². The van der Waals surface area contributed by atoms with Gasteiger partial charge in [0, 0.05) is 23.8 Å². The van der Waals surface area contributed by atoms with Gasteiger partial charge in [-0.15, -0.1) is 0 Å². The molecule has 32 heavy (non-hydrogen) atoms. The summed E-state index contributed by atoms with van der Waals surface area (Å²) in [6, 6.07) is 10.7. The molecule has 2 N–H and O–H groups in total. The number of hydrogen-bond acceptors (Lipinski definition) is 9. The van der Waals surface area contributed by atoms with Crippen LogP contribution in [0.5, 0.6) is 11.5 Å². The Hall–Kier alpha value is -3.64. The SMILES string of the molecule is Cc1cc(NS(=O)(=O)c2cccc(C(=O)Nc3nc4cc5c(cc4s3)OCCO5)c2)no1. The number of rotatable bonds is 5. The Morgan fingerprint density at radius 3 is 2.62 bits per heavy atom. The highest BCUT2D eigenvalue weighted by molar-refractivity contribution is 7.92. The number of ether oxygens (including phenoxy) is 2. The number of thiazole rings is 1. The number of anilines is 2. The molecule has 0 atom stereocenters. The van der Waals surface area contributed by atoms with Gasteiger partial charge in [0.2, 0.25) is 0 Å². The van der Waals surface area contributed by atoms with Crippen molar-refractivity contribution >= 4 is 48.4 Å².